The van der Waals surface area contributed by atoms with Crippen molar-refractivity contribution in [2.75, 3.05) is 19.6 Å². The summed E-state index contributed by atoms with van der Waals surface area (Å²) in [5, 5.41) is 0. The minimum Gasteiger partial charge on any atom is -0.345 e. The van der Waals surface area contributed by atoms with E-state index in [4.69, 9.17) is 0 Å². The van der Waals surface area contributed by atoms with Crippen LogP contribution in [0.3, 0.4) is 0 Å². The number of hydrogen-bond donors (Lipinski definition) is 1. The molecule has 6 heteroatoms. The van der Waals surface area contributed by atoms with E-state index in [9.17, 15) is 9.59 Å². The van der Waals surface area contributed by atoms with Gasteiger partial charge in [0.1, 0.15) is 0 Å². The van der Waals surface area contributed by atoms with Crippen LogP contribution in [0.1, 0.15) is 43.5 Å². The van der Waals surface area contributed by atoms with Crippen molar-refractivity contribution in [2.24, 2.45) is 11.8 Å². The molecule has 0 radical (unpaired) electrons. The fourth-order valence-corrected chi connectivity index (χ4v) is 4.66. The smallest absolute Gasteiger partial charge is 0.254 e. The molecule has 0 bridgehead atoms. The fraction of sp³-hybridized carbons (Fsp3) is 0.423. The number of carbonyl (C=O) groups excluding carboxylic acids is 2. The SMILES string of the molecule is CC(C)N(C[C@@H]1CCN(C(=O)C2CC2)C1)C(=O)c1ccc(-c2ccc3[nH]cnc3c2)cc1. The number of nitrogens with zero attached hydrogens (tertiary/aromatic N) is 3. The number of aromatic amines is 1. The van der Waals surface area contributed by atoms with E-state index in [0.29, 0.717) is 23.9 Å². The maximum absolute atomic E-state index is 13.3. The molecule has 0 unspecified atom stereocenters. The van der Waals surface area contributed by atoms with Gasteiger partial charge in [0.25, 0.3) is 5.91 Å². The lowest BCUT2D eigenvalue weighted by molar-refractivity contribution is -0.131. The molecule has 1 aliphatic carbocycles. The second kappa shape index (κ2) is 8.41. The molecule has 0 spiro atoms. The Hall–Kier alpha value is -3.15. The summed E-state index contributed by atoms with van der Waals surface area (Å²) in [6.07, 6.45) is 4.76. The first kappa shape index (κ1) is 20.7. The van der Waals surface area contributed by atoms with Gasteiger partial charge in [-0.1, -0.05) is 18.2 Å². The van der Waals surface area contributed by atoms with Crippen molar-refractivity contribution in [1.82, 2.24) is 19.8 Å². The summed E-state index contributed by atoms with van der Waals surface area (Å²) >= 11 is 0. The van der Waals surface area contributed by atoms with E-state index in [2.05, 4.69) is 35.9 Å². The average Bonchev–Trinajstić information content (AvgIpc) is 3.36. The zero-order valence-corrected chi connectivity index (χ0v) is 18.8. The number of amides is 2. The summed E-state index contributed by atoms with van der Waals surface area (Å²) in [5.74, 6) is 0.993. The summed E-state index contributed by atoms with van der Waals surface area (Å²) in [6.45, 7) is 6.43. The molecule has 6 nitrogen and oxygen atoms in total. The van der Waals surface area contributed by atoms with Gasteiger partial charge >= 0.3 is 0 Å². The molecule has 1 atom stereocenters. The van der Waals surface area contributed by atoms with Gasteiger partial charge < -0.3 is 14.8 Å². The highest BCUT2D eigenvalue weighted by Gasteiger charge is 2.37. The van der Waals surface area contributed by atoms with Crippen LogP contribution in [0.25, 0.3) is 22.2 Å². The molecule has 2 aliphatic rings. The standard InChI is InChI=1S/C26H30N4O2/c1-17(2)30(15-18-11-12-29(14-18)25(31)20-7-8-20)26(32)21-5-3-19(4-6-21)22-9-10-23-24(13-22)28-16-27-23/h3-6,9-10,13,16-18,20H,7-8,11-12,14-15H2,1-2H3,(H,27,28)/t18-/m1/s1. The van der Waals surface area contributed by atoms with Gasteiger partial charge in [-0.05, 0) is 74.4 Å². The van der Waals surface area contributed by atoms with Crippen LogP contribution < -0.4 is 0 Å². The number of fused-ring (bicyclic) bond motifs is 1. The van der Waals surface area contributed by atoms with Crippen LogP contribution in [0.5, 0.6) is 0 Å². The third-order valence-electron chi connectivity index (χ3n) is 6.75. The van der Waals surface area contributed by atoms with Crippen LogP contribution in [-0.4, -0.2) is 57.3 Å². The number of likely N-dealkylation sites (tertiary alicyclic amines) is 1. The minimum atomic E-state index is 0.0567. The van der Waals surface area contributed by atoms with Crippen molar-refractivity contribution in [3.05, 3.63) is 54.4 Å². The molecule has 1 aromatic heterocycles. The van der Waals surface area contributed by atoms with Crippen molar-refractivity contribution in [3.8, 4) is 11.1 Å². The van der Waals surface area contributed by atoms with E-state index < -0.39 is 0 Å². The van der Waals surface area contributed by atoms with Crippen LogP contribution >= 0.6 is 0 Å². The molecule has 166 valence electrons. The number of H-pyrrole nitrogens is 1. The van der Waals surface area contributed by atoms with Gasteiger partial charge in [-0.3, -0.25) is 9.59 Å². The summed E-state index contributed by atoms with van der Waals surface area (Å²) in [6, 6.07) is 14.1. The number of nitrogens with one attached hydrogen (secondary N) is 1. The van der Waals surface area contributed by atoms with E-state index in [1.807, 2.05) is 40.1 Å². The van der Waals surface area contributed by atoms with Gasteiger partial charge in [-0.25, -0.2) is 4.98 Å². The van der Waals surface area contributed by atoms with Crippen molar-refractivity contribution in [2.45, 2.75) is 39.2 Å². The Bertz CT molecular complexity index is 1130. The molecule has 32 heavy (non-hydrogen) atoms. The van der Waals surface area contributed by atoms with E-state index in [1.165, 1.54) is 0 Å². The Morgan fingerprint density at radius 3 is 2.56 bits per heavy atom. The van der Waals surface area contributed by atoms with E-state index in [-0.39, 0.29) is 17.9 Å². The first-order chi connectivity index (χ1) is 15.5. The van der Waals surface area contributed by atoms with Gasteiger partial charge in [0.05, 0.1) is 17.4 Å². The van der Waals surface area contributed by atoms with Crippen LogP contribution in [-0.2, 0) is 4.79 Å². The molecule has 2 fully saturated rings. The molecule has 2 amide bonds. The van der Waals surface area contributed by atoms with Gasteiger partial charge in [0.2, 0.25) is 5.91 Å². The van der Waals surface area contributed by atoms with Crippen LogP contribution in [0.2, 0.25) is 0 Å². The topological polar surface area (TPSA) is 69.3 Å². The first-order valence-electron chi connectivity index (χ1n) is 11.6. The predicted molar refractivity (Wildman–Crippen MR) is 125 cm³/mol. The molecule has 3 aromatic rings. The van der Waals surface area contributed by atoms with Gasteiger partial charge in [-0.2, -0.15) is 0 Å². The van der Waals surface area contributed by atoms with Crippen LogP contribution in [0.4, 0.5) is 0 Å². The van der Waals surface area contributed by atoms with Gasteiger partial charge in [0, 0.05) is 37.2 Å². The third-order valence-corrected chi connectivity index (χ3v) is 6.75. The first-order valence-corrected chi connectivity index (χ1v) is 11.6. The van der Waals surface area contributed by atoms with Crippen molar-refractivity contribution in [1.29, 1.82) is 0 Å². The molecule has 2 heterocycles. The lowest BCUT2D eigenvalue weighted by atomic mass is 10.0. The highest BCUT2D eigenvalue weighted by molar-refractivity contribution is 5.95. The molecular formula is C26H30N4O2. The van der Waals surface area contributed by atoms with Gasteiger partial charge in [-0.15, -0.1) is 0 Å². The molecule has 1 saturated carbocycles. The fourth-order valence-electron chi connectivity index (χ4n) is 4.66. The maximum Gasteiger partial charge on any atom is 0.254 e. The highest BCUT2D eigenvalue weighted by Crippen LogP contribution is 2.33. The van der Waals surface area contributed by atoms with Crippen LogP contribution in [0.15, 0.2) is 48.8 Å². The zero-order valence-electron chi connectivity index (χ0n) is 18.8. The summed E-state index contributed by atoms with van der Waals surface area (Å²) in [5.41, 5.74) is 4.78. The number of rotatable bonds is 6. The molecule has 5 rings (SSSR count). The second-order valence-electron chi connectivity index (χ2n) is 9.48. The summed E-state index contributed by atoms with van der Waals surface area (Å²) in [4.78, 5) is 37.1. The summed E-state index contributed by atoms with van der Waals surface area (Å²) in [7, 11) is 0. The minimum absolute atomic E-state index is 0.0567. The molecule has 2 aromatic carbocycles. The number of benzene rings is 2. The normalized spacial score (nSPS) is 18.5. The molecular weight excluding hydrogens is 400 g/mol. The molecule has 1 aliphatic heterocycles. The molecule has 1 saturated heterocycles. The number of carbonyl (C=O) groups is 2. The Morgan fingerprint density at radius 1 is 1.09 bits per heavy atom. The number of imidazole rings is 1. The maximum atomic E-state index is 13.3. The van der Waals surface area contributed by atoms with E-state index in [1.54, 1.807) is 6.33 Å². The van der Waals surface area contributed by atoms with Gasteiger partial charge in [0.15, 0.2) is 0 Å². The predicted octanol–water partition coefficient (Wildman–Crippen LogP) is 4.34. The Labute approximate surface area is 188 Å². The van der Waals surface area contributed by atoms with E-state index in [0.717, 1.165) is 54.5 Å². The Balaban J connectivity index is 1.27. The second-order valence-corrected chi connectivity index (χ2v) is 9.48. The number of hydrogen-bond acceptors (Lipinski definition) is 3. The summed E-state index contributed by atoms with van der Waals surface area (Å²) < 4.78 is 0. The monoisotopic (exact) mass is 430 g/mol. The number of aromatic nitrogens is 2. The lowest BCUT2D eigenvalue weighted by Crippen LogP contribution is -2.41. The van der Waals surface area contributed by atoms with E-state index >= 15 is 0 Å². The highest BCUT2D eigenvalue weighted by atomic mass is 16.2. The largest absolute Gasteiger partial charge is 0.345 e. The van der Waals surface area contributed by atoms with Crippen molar-refractivity contribution >= 4 is 22.8 Å². The Kier molecular flexibility index (Phi) is 5.45. The molecule has 1 N–H and O–H groups in total. The van der Waals surface area contributed by atoms with Crippen molar-refractivity contribution < 1.29 is 9.59 Å². The lowest BCUT2D eigenvalue weighted by Gasteiger charge is -2.30. The average molecular weight is 431 g/mol. The third kappa shape index (κ3) is 4.14. The quantitative estimate of drug-likeness (QED) is 0.633. The Morgan fingerprint density at radius 2 is 1.84 bits per heavy atom. The van der Waals surface area contributed by atoms with Crippen LogP contribution in [0, 0.1) is 11.8 Å². The zero-order chi connectivity index (χ0) is 22.2. The van der Waals surface area contributed by atoms with Crippen molar-refractivity contribution in [3.63, 3.8) is 0 Å².